The molecule has 0 saturated carbocycles. The van der Waals surface area contributed by atoms with Crippen LogP contribution in [0.4, 0.5) is 4.79 Å². The molecule has 0 unspecified atom stereocenters. The van der Waals surface area contributed by atoms with Crippen LogP contribution in [0.5, 0.6) is 0 Å². The van der Waals surface area contributed by atoms with Gasteiger partial charge in [0.1, 0.15) is 11.6 Å². The molecule has 45 heavy (non-hydrogen) atoms. The lowest BCUT2D eigenvalue weighted by molar-refractivity contribution is -0.253. The minimum absolute atomic E-state index is 0.0168. The van der Waals surface area contributed by atoms with Gasteiger partial charge in [-0.15, -0.1) is 0 Å². The summed E-state index contributed by atoms with van der Waals surface area (Å²) >= 11 is 0. The third-order valence-electron chi connectivity index (χ3n) is 8.10. The lowest BCUT2D eigenvalue weighted by atomic mass is 9.99. The molecule has 9 nitrogen and oxygen atoms in total. The first-order valence-electron chi connectivity index (χ1n) is 15.8. The number of nitrogens with one attached hydrogen (secondary N) is 2. The highest BCUT2D eigenvalue weighted by Crippen LogP contribution is 2.39. The normalized spacial score (nSPS) is 22.1. The zero-order valence-electron chi connectivity index (χ0n) is 26.4. The van der Waals surface area contributed by atoms with E-state index >= 15 is 0 Å². The molecule has 2 aliphatic rings. The van der Waals surface area contributed by atoms with Gasteiger partial charge in [-0.3, -0.25) is 9.69 Å². The number of likely N-dealkylation sites (tertiary alicyclic amines) is 1. The van der Waals surface area contributed by atoms with Crippen molar-refractivity contribution in [3.63, 3.8) is 0 Å². The molecule has 2 fully saturated rings. The number of carbonyl (C=O) groups excluding carboxylic acids is 2. The van der Waals surface area contributed by atoms with Gasteiger partial charge in [0.05, 0.1) is 18.8 Å². The van der Waals surface area contributed by atoms with Crippen LogP contribution in [0, 0.1) is 0 Å². The minimum atomic E-state index is -0.606. The number of benzene rings is 3. The maximum atomic E-state index is 13.0. The number of urea groups is 1. The average Bonchev–Trinajstić information content (AvgIpc) is 3.51. The monoisotopic (exact) mass is 615 g/mol. The van der Waals surface area contributed by atoms with E-state index in [1.807, 2.05) is 99.6 Å². The van der Waals surface area contributed by atoms with E-state index in [0.29, 0.717) is 26.1 Å². The second-order valence-corrected chi connectivity index (χ2v) is 12.8. The molecule has 2 aliphatic heterocycles. The first kappa shape index (κ1) is 32.6. The molecule has 0 radical (unpaired) electrons. The number of aliphatic hydroxyl groups is 1. The molecule has 240 valence electrons. The first-order valence-corrected chi connectivity index (χ1v) is 15.8. The lowest BCUT2D eigenvalue weighted by Crippen LogP contribution is -2.45. The summed E-state index contributed by atoms with van der Waals surface area (Å²) in [5.41, 5.74) is 4.18. The molecular weight excluding hydrogens is 570 g/mol. The molecule has 3 aromatic rings. The van der Waals surface area contributed by atoms with E-state index in [1.165, 1.54) is 0 Å². The van der Waals surface area contributed by atoms with E-state index in [9.17, 15) is 14.7 Å². The van der Waals surface area contributed by atoms with Crippen LogP contribution in [0.2, 0.25) is 0 Å². The van der Waals surface area contributed by atoms with Crippen LogP contribution >= 0.6 is 0 Å². The number of hydrogen-bond acceptors (Lipinski definition) is 7. The van der Waals surface area contributed by atoms with Crippen molar-refractivity contribution in [2.45, 2.75) is 89.9 Å². The van der Waals surface area contributed by atoms with Crippen molar-refractivity contribution in [1.29, 1.82) is 0 Å². The summed E-state index contributed by atoms with van der Waals surface area (Å²) in [5, 5.41) is 15.3. The van der Waals surface area contributed by atoms with Crippen molar-refractivity contribution in [3.05, 3.63) is 107 Å². The third kappa shape index (κ3) is 9.37. The summed E-state index contributed by atoms with van der Waals surface area (Å²) in [6, 6.07) is 24.9. The fraction of sp³-hybridized carbons (Fsp3) is 0.444. The number of hydrogen-bond donors (Lipinski definition) is 3. The summed E-state index contributed by atoms with van der Waals surface area (Å²) in [7, 11) is 0. The third-order valence-corrected chi connectivity index (χ3v) is 8.10. The fourth-order valence-electron chi connectivity index (χ4n) is 5.79. The zero-order valence-corrected chi connectivity index (χ0v) is 26.4. The van der Waals surface area contributed by atoms with Gasteiger partial charge < -0.3 is 30.0 Å². The SMILES string of the molecule is CC(C)(C)OC(=O)[C@@H]1CCCN1C[C@@H]1C[C@H](c2ccc(CO)cc2)O[C@H](c2ccc(CNC(=O)NCc3ccccc3)cc2)O1. The van der Waals surface area contributed by atoms with Crippen LogP contribution in [0.15, 0.2) is 78.9 Å². The second kappa shape index (κ2) is 15.0. The van der Waals surface area contributed by atoms with Gasteiger partial charge in [0.15, 0.2) is 6.29 Å². The van der Waals surface area contributed by atoms with Gasteiger partial charge in [0.2, 0.25) is 0 Å². The van der Waals surface area contributed by atoms with Crippen molar-refractivity contribution in [3.8, 4) is 0 Å². The maximum absolute atomic E-state index is 13.0. The summed E-state index contributed by atoms with van der Waals surface area (Å²) in [5.74, 6) is -0.183. The molecule has 0 bridgehead atoms. The molecule has 2 amide bonds. The molecule has 9 heteroatoms. The summed E-state index contributed by atoms with van der Waals surface area (Å²) in [6.45, 7) is 7.92. The highest BCUT2D eigenvalue weighted by molar-refractivity contribution is 5.76. The Balaban J connectivity index is 1.24. The molecule has 2 heterocycles. The fourth-order valence-corrected chi connectivity index (χ4v) is 5.79. The lowest BCUT2D eigenvalue weighted by Gasteiger charge is -2.38. The van der Waals surface area contributed by atoms with Gasteiger partial charge in [0, 0.05) is 31.6 Å². The van der Waals surface area contributed by atoms with Crippen LogP contribution in [-0.2, 0) is 38.7 Å². The largest absolute Gasteiger partial charge is 0.459 e. The zero-order chi connectivity index (χ0) is 31.8. The van der Waals surface area contributed by atoms with Crippen molar-refractivity contribution in [2.75, 3.05) is 13.1 Å². The second-order valence-electron chi connectivity index (χ2n) is 12.8. The van der Waals surface area contributed by atoms with Crippen LogP contribution in [0.25, 0.3) is 0 Å². The number of esters is 1. The number of carbonyl (C=O) groups is 2. The number of ether oxygens (including phenoxy) is 3. The number of nitrogens with zero attached hydrogens (tertiary/aromatic N) is 1. The molecular formula is C36H45N3O6. The Bertz CT molecular complexity index is 1390. The number of rotatable bonds is 10. The Hall–Kier alpha value is -3.76. The quantitative estimate of drug-likeness (QED) is 0.258. The van der Waals surface area contributed by atoms with Crippen LogP contribution in [-0.4, -0.2) is 52.8 Å². The maximum Gasteiger partial charge on any atom is 0.323 e. The molecule has 0 aliphatic carbocycles. The van der Waals surface area contributed by atoms with Crippen molar-refractivity contribution in [1.82, 2.24) is 15.5 Å². The molecule has 2 saturated heterocycles. The molecule has 0 aromatic heterocycles. The average molecular weight is 616 g/mol. The molecule has 0 spiro atoms. The van der Waals surface area contributed by atoms with Crippen molar-refractivity contribution < 1.29 is 28.9 Å². The van der Waals surface area contributed by atoms with E-state index in [4.69, 9.17) is 14.2 Å². The molecule has 3 aromatic carbocycles. The predicted molar refractivity (Wildman–Crippen MR) is 171 cm³/mol. The van der Waals surface area contributed by atoms with Crippen LogP contribution in [0.3, 0.4) is 0 Å². The molecule has 5 rings (SSSR count). The van der Waals surface area contributed by atoms with E-state index in [0.717, 1.165) is 47.2 Å². The Kier molecular flexibility index (Phi) is 10.9. The number of aliphatic hydroxyl groups excluding tert-OH is 1. The van der Waals surface area contributed by atoms with Gasteiger partial charge in [-0.2, -0.15) is 0 Å². The van der Waals surface area contributed by atoms with Gasteiger partial charge in [0.25, 0.3) is 0 Å². The summed E-state index contributed by atoms with van der Waals surface area (Å²) in [4.78, 5) is 27.5. The Morgan fingerprint density at radius 3 is 2.13 bits per heavy atom. The topological polar surface area (TPSA) is 109 Å². The van der Waals surface area contributed by atoms with Gasteiger partial charge >= 0.3 is 12.0 Å². The van der Waals surface area contributed by atoms with Gasteiger partial charge in [-0.25, -0.2) is 4.79 Å². The highest BCUT2D eigenvalue weighted by Gasteiger charge is 2.38. The standard InChI is InChI=1S/C36H45N3O6/c1-36(2,3)45-33(41)31-10-7-19-39(31)23-30-20-32(28-15-13-27(24-40)14-16-28)44-34(43-30)29-17-11-26(12-18-29)22-38-35(42)37-21-25-8-5-4-6-9-25/h4-6,8-9,11-18,30-32,34,40H,7,10,19-24H2,1-3H3,(H2,37,38,42)/t30-,31-,32+,34+/m0/s1. The van der Waals surface area contributed by atoms with Crippen LogP contribution < -0.4 is 10.6 Å². The van der Waals surface area contributed by atoms with Gasteiger partial charge in [-0.05, 0) is 62.4 Å². The first-order chi connectivity index (χ1) is 21.7. The number of amides is 2. The van der Waals surface area contributed by atoms with Crippen molar-refractivity contribution >= 4 is 12.0 Å². The summed E-state index contributed by atoms with van der Waals surface area (Å²) in [6.07, 6.45) is 1.33. The Morgan fingerprint density at radius 2 is 1.49 bits per heavy atom. The smallest absolute Gasteiger partial charge is 0.323 e. The Labute approximate surface area is 265 Å². The Morgan fingerprint density at radius 1 is 0.867 bits per heavy atom. The predicted octanol–water partition coefficient (Wildman–Crippen LogP) is 5.53. The van der Waals surface area contributed by atoms with Crippen LogP contribution in [0.1, 0.15) is 80.2 Å². The minimum Gasteiger partial charge on any atom is -0.459 e. The van der Waals surface area contributed by atoms with Crippen molar-refractivity contribution in [2.24, 2.45) is 0 Å². The van der Waals surface area contributed by atoms with E-state index in [-0.39, 0.29) is 36.9 Å². The summed E-state index contributed by atoms with van der Waals surface area (Å²) < 4.78 is 18.8. The van der Waals surface area contributed by atoms with E-state index in [1.54, 1.807) is 0 Å². The van der Waals surface area contributed by atoms with E-state index in [2.05, 4.69) is 15.5 Å². The molecule has 3 N–H and O–H groups in total. The van der Waals surface area contributed by atoms with Gasteiger partial charge in [-0.1, -0.05) is 78.9 Å². The highest BCUT2D eigenvalue weighted by atomic mass is 16.7. The molecule has 4 atom stereocenters. The van der Waals surface area contributed by atoms with E-state index < -0.39 is 11.9 Å².